The fourth-order valence-corrected chi connectivity index (χ4v) is 4.12. The van der Waals surface area contributed by atoms with Crippen LogP contribution in [0.2, 0.25) is 0 Å². The number of hydrogen-bond donors (Lipinski definition) is 1. The Morgan fingerprint density at radius 1 is 1.15 bits per heavy atom. The number of hydrogen-bond acceptors (Lipinski definition) is 2. The van der Waals surface area contributed by atoms with Crippen molar-refractivity contribution in [3.05, 3.63) is 0 Å². The van der Waals surface area contributed by atoms with Crippen LogP contribution in [0.25, 0.3) is 0 Å². The van der Waals surface area contributed by atoms with Gasteiger partial charge in [-0.2, -0.15) is 0 Å². The molecule has 1 saturated heterocycles. The van der Waals surface area contributed by atoms with E-state index in [1.165, 1.54) is 45.1 Å². The molecule has 0 aromatic rings. The number of piperidine rings is 1. The van der Waals surface area contributed by atoms with E-state index in [4.69, 9.17) is 0 Å². The van der Waals surface area contributed by atoms with Crippen molar-refractivity contribution in [3.63, 3.8) is 0 Å². The van der Waals surface area contributed by atoms with E-state index >= 15 is 0 Å². The lowest BCUT2D eigenvalue weighted by atomic mass is 9.75. The first-order valence-electron chi connectivity index (χ1n) is 8.62. The predicted molar refractivity (Wildman–Crippen MR) is 81.8 cm³/mol. The Bertz CT molecular complexity index is 300. The molecule has 0 atom stereocenters. The zero-order valence-corrected chi connectivity index (χ0v) is 13.1. The molecule has 116 valence electrons. The van der Waals surface area contributed by atoms with Gasteiger partial charge in [0.15, 0.2) is 0 Å². The Balaban J connectivity index is 1.82. The summed E-state index contributed by atoms with van der Waals surface area (Å²) in [6.45, 7) is 5.29. The van der Waals surface area contributed by atoms with Crippen LogP contribution in [0, 0.1) is 11.3 Å². The lowest BCUT2D eigenvalue weighted by molar-refractivity contribution is -0.152. The zero-order valence-electron chi connectivity index (χ0n) is 13.1. The molecule has 0 aromatic carbocycles. The maximum Gasteiger partial charge on any atom is 0.309 e. The van der Waals surface area contributed by atoms with Crippen LogP contribution in [-0.4, -0.2) is 35.6 Å². The van der Waals surface area contributed by atoms with Gasteiger partial charge in [-0.1, -0.05) is 39.0 Å². The first-order chi connectivity index (χ1) is 9.66. The summed E-state index contributed by atoms with van der Waals surface area (Å²) in [7, 11) is 0. The minimum Gasteiger partial charge on any atom is -0.481 e. The summed E-state index contributed by atoms with van der Waals surface area (Å²) in [5.41, 5.74) is -0.422. The van der Waals surface area contributed by atoms with Gasteiger partial charge in [-0.3, -0.25) is 4.79 Å². The Hall–Kier alpha value is -0.570. The third-order valence-corrected chi connectivity index (χ3v) is 5.49. The molecular formula is C17H31NO2. The van der Waals surface area contributed by atoms with Crippen molar-refractivity contribution in [1.82, 2.24) is 4.90 Å². The highest BCUT2D eigenvalue weighted by Gasteiger charge is 2.40. The van der Waals surface area contributed by atoms with Crippen LogP contribution in [0.1, 0.15) is 71.1 Å². The number of carbonyl (C=O) groups is 1. The van der Waals surface area contributed by atoms with Gasteiger partial charge in [0, 0.05) is 6.54 Å². The molecule has 2 rings (SSSR count). The number of aliphatic carboxylic acids is 1. The molecule has 1 saturated carbocycles. The highest BCUT2D eigenvalue weighted by Crippen LogP contribution is 2.37. The second-order valence-electron chi connectivity index (χ2n) is 6.99. The number of nitrogens with zero attached hydrogens (tertiary/aromatic N) is 1. The lowest BCUT2D eigenvalue weighted by Gasteiger charge is -2.40. The predicted octanol–water partition coefficient (Wildman–Crippen LogP) is 3.92. The van der Waals surface area contributed by atoms with Crippen LogP contribution >= 0.6 is 0 Å². The Morgan fingerprint density at radius 2 is 1.75 bits per heavy atom. The van der Waals surface area contributed by atoms with Crippen molar-refractivity contribution in [2.24, 2.45) is 11.3 Å². The molecule has 0 aromatic heterocycles. The molecule has 0 radical (unpaired) electrons. The molecule has 1 N–H and O–H groups in total. The fraction of sp³-hybridized carbons (Fsp3) is 0.941. The summed E-state index contributed by atoms with van der Waals surface area (Å²) in [4.78, 5) is 14.1. The monoisotopic (exact) mass is 281 g/mol. The molecule has 1 heterocycles. The zero-order chi connectivity index (χ0) is 14.4. The average molecular weight is 281 g/mol. The first-order valence-corrected chi connectivity index (χ1v) is 8.62. The minimum absolute atomic E-state index is 0.422. The highest BCUT2D eigenvalue weighted by atomic mass is 16.4. The molecule has 2 aliphatic rings. The lowest BCUT2D eigenvalue weighted by Crippen LogP contribution is -2.45. The molecule has 3 heteroatoms. The van der Waals surface area contributed by atoms with Gasteiger partial charge < -0.3 is 10.0 Å². The van der Waals surface area contributed by atoms with E-state index in [9.17, 15) is 9.90 Å². The van der Waals surface area contributed by atoms with Gasteiger partial charge in [0.2, 0.25) is 0 Å². The molecule has 2 fully saturated rings. The molecule has 1 aliphatic carbocycles. The van der Waals surface area contributed by atoms with Crippen molar-refractivity contribution in [1.29, 1.82) is 0 Å². The molecule has 0 spiro atoms. The van der Waals surface area contributed by atoms with E-state index < -0.39 is 11.4 Å². The number of rotatable bonds is 5. The van der Waals surface area contributed by atoms with Crippen LogP contribution in [0.4, 0.5) is 0 Å². The van der Waals surface area contributed by atoms with E-state index in [-0.39, 0.29) is 0 Å². The van der Waals surface area contributed by atoms with E-state index in [1.807, 2.05) is 0 Å². The van der Waals surface area contributed by atoms with Gasteiger partial charge in [0.25, 0.3) is 0 Å². The molecule has 1 aliphatic heterocycles. The first kappa shape index (κ1) is 15.8. The second-order valence-corrected chi connectivity index (χ2v) is 6.99. The third kappa shape index (κ3) is 3.97. The maximum atomic E-state index is 11.6. The molecule has 0 amide bonds. The summed E-state index contributed by atoms with van der Waals surface area (Å²) in [5, 5.41) is 9.55. The standard InChI is InChI=1S/C17H31NO2/c1-2-9-17(16(19)20)10-12-18(13-11-17)14-15-7-5-3-4-6-8-15/h15H,2-14H2,1H3,(H,19,20). The van der Waals surface area contributed by atoms with Crippen molar-refractivity contribution in [3.8, 4) is 0 Å². The summed E-state index contributed by atoms with van der Waals surface area (Å²) in [5.74, 6) is 0.300. The number of carboxylic acids is 1. The Morgan fingerprint density at radius 3 is 2.25 bits per heavy atom. The summed E-state index contributed by atoms with van der Waals surface area (Å²) >= 11 is 0. The molecule has 0 bridgehead atoms. The van der Waals surface area contributed by atoms with Gasteiger partial charge in [0.1, 0.15) is 0 Å². The van der Waals surface area contributed by atoms with Crippen molar-refractivity contribution < 1.29 is 9.90 Å². The molecule has 0 unspecified atom stereocenters. The van der Waals surface area contributed by atoms with E-state index in [1.54, 1.807) is 0 Å². The van der Waals surface area contributed by atoms with Gasteiger partial charge in [-0.15, -0.1) is 0 Å². The average Bonchev–Trinajstić information content (AvgIpc) is 2.70. The smallest absolute Gasteiger partial charge is 0.309 e. The van der Waals surface area contributed by atoms with E-state index in [0.29, 0.717) is 0 Å². The molecular weight excluding hydrogens is 250 g/mol. The third-order valence-electron chi connectivity index (χ3n) is 5.49. The SMILES string of the molecule is CCCC1(C(=O)O)CCN(CC2CCCCCC2)CC1. The highest BCUT2D eigenvalue weighted by molar-refractivity contribution is 5.74. The Labute approximate surface area is 123 Å². The van der Waals surface area contributed by atoms with Crippen LogP contribution in [-0.2, 0) is 4.79 Å². The number of likely N-dealkylation sites (tertiary alicyclic amines) is 1. The van der Waals surface area contributed by atoms with Gasteiger partial charge in [-0.05, 0) is 51.1 Å². The van der Waals surface area contributed by atoms with Gasteiger partial charge >= 0.3 is 5.97 Å². The van der Waals surface area contributed by atoms with Gasteiger partial charge in [-0.25, -0.2) is 0 Å². The van der Waals surface area contributed by atoms with E-state index in [2.05, 4.69) is 11.8 Å². The number of carboxylic acid groups (broad SMARTS) is 1. The van der Waals surface area contributed by atoms with Crippen molar-refractivity contribution in [2.75, 3.05) is 19.6 Å². The van der Waals surface area contributed by atoms with E-state index in [0.717, 1.165) is 44.7 Å². The van der Waals surface area contributed by atoms with Gasteiger partial charge in [0.05, 0.1) is 5.41 Å². The van der Waals surface area contributed by atoms with Crippen molar-refractivity contribution in [2.45, 2.75) is 71.1 Å². The quantitative estimate of drug-likeness (QED) is 0.776. The fourth-order valence-electron chi connectivity index (χ4n) is 4.12. The van der Waals surface area contributed by atoms with Crippen LogP contribution in [0.15, 0.2) is 0 Å². The van der Waals surface area contributed by atoms with Crippen LogP contribution in [0.3, 0.4) is 0 Å². The topological polar surface area (TPSA) is 40.5 Å². The summed E-state index contributed by atoms with van der Waals surface area (Å²) in [6, 6.07) is 0. The summed E-state index contributed by atoms with van der Waals surface area (Å²) in [6.07, 6.45) is 11.9. The molecule has 20 heavy (non-hydrogen) atoms. The van der Waals surface area contributed by atoms with Crippen LogP contribution in [0.5, 0.6) is 0 Å². The Kier molecular flexibility index (Phi) is 5.88. The summed E-state index contributed by atoms with van der Waals surface area (Å²) < 4.78 is 0. The van der Waals surface area contributed by atoms with Crippen LogP contribution < -0.4 is 0 Å². The van der Waals surface area contributed by atoms with Crippen molar-refractivity contribution >= 4 is 5.97 Å². The molecule has 3 nitrogen and oxygen atoms in total. The minimum atomic E-state index is -0.562. The maximum absolute atomic E-state index is 11.6. The normalized spacial score (nSPS) is 25.2. The second kappa shape index (κ2) is 7.44. The largest absolute Gasteiger partial charge is 0.481 e.